The van der Waals surface area contributed by atoms with Crippen molar-refractivity contribution in [2.24, 2.45) is 0 Å². The highest BCUT2D eigenvalue weighted by Gasteiger charge is 2.23. The van der Waals surface area contributed by atoms with Crippen LogP contribution in [0, 0.1) is 11.6 Å². The number of carbonyl (C=O) groups excluding carboxylic acids is 1. The maximum absolute atomic E-state index is 13.8. The Hall–Kier alpha value is -2.74. The van der Waals surface area contributed by atoms with Gasteiger partial charge in [-0.25, -0.2) is 13.6 Å². The van der Waals surface area contributed by atoms with Gasteiger partial charge in [0, 0.05) is 12.3 Å². The molecule has 0 spiro atoms. The van der Waals surface area contributed by atoms with Crippen molar-refractivity contribution in [3.05, 3.63) is 57.0 Å². The summed E-state index contributed by atoms with van der Waals surface area (Å²) in [6.45, 7) is 1.61. The number of carbonyl (C=O) groups is 1. The molecule has 24 heavy (non-hydrogen) atoms. The highest BCUT2D eigenvalue weighted by atomic mass is 35.5. The smallest absolute Gasteiger partial charge is 0.343 e. The van der Waals surface area contributed by atoms with E-state index in [4.69, 9.17) is 20.9 Å². The van der Waals surface area contributed by atoms with E-state index in [0.717, 1.165) is 10.8 Å². The van der Waals surface area contributed by atoms with Gasteiger partial charge in [0.2, 0.25) is 5.43 Å². The van der Waals surface area contributed by atoms with E-state index in [-0.39, 0.29) is 28.9 Å². The highest BCUT2D eigenvalue weighted by molar-refractivity contribution is 6.35. The Balaban J connectivity index is 2.47. The number of aromatic nitrogens is 2. The summed E-state index contributed by atoms with van der Waals surface area (Å²) in [5, 5.41) is 2.77. The van der Waals surface area contributed by atoms with Gasteiger partial charge in [-0.2, -0.15) is 0 Å². The lowest BCUT2D eigenvalue weighted by Gasteiger charge is -2.12. The number of pyridine rings is 1. The summed E-state index contributed by atoms with van der Waals surface area (Å²) < 4.78 is 38.2. The van der Waals surface area contributed by atoms with E-state index in [1.807, 2.05) is 0 Å². The number of hydrogen-bond acceptors (Lipinski definition) is 5. The molecule has 2 aromatic heterocycles. The van der Waals surface area contributed by atoms with Gasteiger partial charge in [0.15, 0.2) is 17.5 Å². The molecule has 0 amide bonds. The Morgan fingerprint density at radius 3 is 2.83 bits per heavy atom. The molecular weight excluding hydrogens is 346 g/mol. The van der Waals surface area contributed by atoms with E-state index >= 15 is 0 Å². The molecule has 0 N–H and O–H groups in total. The quantitative estimate of drug-likeness (QED) is 0.533. The lowest BCUT2D eigenvalue weighted by Crippen LogP contribution is -2.21. The van der Waals surface area contributed by atoms with Crippen LogP contribution in [0.4, 0.5) is 8.78 Å². The molecule has 9 heteroatoms. The van der Waals surface area contributed by atoms with E-state index in [9.17, 15) is 18.4 Å². The van der Waals surface area contributed by atoms with Crippen LogP contribution in [0.25, 0.3) is 16.7 Å². The first-order valence-electron chi connectivity index (χ1n) is 6.76. The van der Waals surface area contributed by atoms with Gasteiger partial charge < -0.3 is 9.26 Å². The molecular formula is C15H9ClF2N2O4. The lowest BCUT2D eigenvalue weighted by molar-refractivity contribution is 0.0524. The number of ether oxygens (including phenoxy) is 1. The predicted molar refractivity (Wildman–Crippen MR) is 80.5 cm³/mol. The molecule has 0 atom stereocenters. The first-order chi connectivity index (χ1) is 11.5. The number of rotatable bonds is 3. The van der Waals surface area contributed by atoms with E-state index in [0.29, 0.717) is 6.07 Å². The van der Waals surface area contributed by atoms with Crippen molar-refractivity contribution >= 4 is 28.5 Å². The van der Waals surface area contributed by atoms with Gasteiger partial charge >= 0.3 is 5.97 Å². The summed E-state index contributed by atoms with van der Waals surface area (Å²) in [6.07, 6.45) is 2.33. The maximum Gasteiger partial charge on any atom is 0.343 e. The molecule has 0 unspecified atom stereocenters. The molecule has 6 nitrogen and oxygen atoms in total. The van der Waals surface area contributed by atoms with Crippen LogP contribution in [0.5, 0.6) is 0 Å². The zero-order valence-corrected chi connectivity index (χ0v) is 12.9. The molecule has 0 aliphatic carbocycles. The second kappa shape index (κ2) is 6.04. The third kappa shape index (κ3) is 2.44. The minimum atomic E-state index is -1.32. The largest absolute Gasteiger partial charge is 0.462 e. The average Bonchev–Trinajstić information content (AvgIpc) is 3.08. The molecule has 0 radical (unpaired) electrons. The Morgan fingerprint density at radius 2 is 2.21 bits per heavy atom. The van der Waals surface area contributed by atoms with Crippen LogP contribution in [0.3, 0.4) is 0 Å². The summed E-state index contributed by atoms with van der Waals surface area (Å²) in [5.74, 6) is -3.40. The van der Waals surface area contributed by atoms with E-state index in [1.54, 1.807) is 6.92 Å². The number of fused-ring (bicyclic) bond motifs is 1. The summed E-state index contributed by atoms with van der Waals surface area (Å²) in [6, 6.07) is 2.08. The van der Waals surface area contributed by atoms with Crippen molar-refractivity contribution in [2.75, 3.05) is 6.61 Å². The minimum absolute atomic E-state index is 0.0405. The molecule has 124 valence electrons. The zero-order valence-electron chi connectivity index (χ0n) is 12.2. The first kappa shape index (κ1) is 16.1. The summed E-state index contributed by atoms with van der Waals surface area (Å²) >= 11 is 5.87. The van der Waals surface area contributed by atoms with Crippen LogP contribution >= 0.6 is 11.6 Å². The summed E-state index contributed by atoms with van der Waals surface area (Å²) in [4.78, 5) is 24.5. The Kier molecular flexibility index (Phi) is 4.06. The Bertz CT molecular complexity index is 999. The van der Waals surface area contributed by atoms with E-state index in [2.05, 4.69) is 5.16 Å². The summed E-state index contributed by atoms with van der Waals surface area (Å²) in [7, 11) is 0. The molecule has 0 saturated heterocycles. The number of esters is 1. The lowest BCUT2D eigenvalue weighted by atomic mass is 10.1. The van der Waals surface area contributed by atoms with Gasteiger partial charge in [-0.15, -0.1) is 0 Å². The Labute approximate surface area is 138 Å². The monoisotopic (exact) mass is 354 g/mol. The van der Waals surface area contributed by atoms with Crippen molar-refractivity contribution in [3.63, 3.8) is 0 Å². The van der Waals surface area contributed by atoms with Crippen molar-refractivity contribution in [1.29, 1.82) is 0 Å². The third-order valence-electron chi connectivity index (χ3n) is 3.29. The minimum Gasteiger partial charge on any atom is -0.462 e. The molecule has 3 rings (SSSR count). The van der Waals surface area contributed by atoms with Crippen LogP contribution in [-0.2, 0) is 4.74 Å². The molecule has 2 heterocycles. The van der Waals surface area contributed by atoms with Crippen molar-refractivity contribution in [3.8, 4) is 5.82 Å². The van der Waals surface area contributed by atoms with E-state index < -0.39 is 28.1 Å². The fraction of sp³-hybridized carbons (Fsp3) is 0.133. The van der Waals surface area contributed by atoms with Gasteiger partial charge in [0.25, 0.3) is 0 Å². The summed E-state index contributed by atoms with van der Waals surface area (Å²) in [5.41, 5.74) is -1.33. The molecule has 1 aromatic carbocycles. The zero-order chi connectivity index (χ0) is 17.4. The van der Waals surface area contributed by atoms with Crippen LogP contribution in [0.2, 0.25) is 5.02 Å². The predicted octanol–water partition coefficient (Wildman–Crippen LogP) is 3.09. The molecule has 3 aromatic rings. The Morgan fingerprint density at radius 1 is 1.46 bits per heavy atom. The normalized spacial score (nSPS) is 11.0. The van der Waals surface area contributed by atoms with Crippen LogP contribution in [0.1, 0.15) is 17.3 Å². The maximum atomic E-state index is 13.8. The van der Waals surface area contributed by atoms with E-state index in [1.165, 1.54) is 12.3 Å². The number of nitrogens with zero attached hydrogens (tertiary/aromatic N) is 2. The molecule has 0 bridgehead atoms. The van der Waals surface area contributed by atoms with Crippen LogP contribution < -0.4 is 5.43 Å². The van der Waals surface area contributed by atoms with Crippen molar-refractivity contribution in [2.45, 2.75) is 6.92 Å². The van der Waals surface area contributed by atoms with Gasteiger partial charge in [-0.3, -0.25) is 9.36 Å². The number of halogens is 3. The van der Waals surface area contributed by atoms with Gasteiger partial charge in [0.05, 0.1) is 17.5 Å². The number of benzene rings is 1. The highest BCUT2D eigenvalue weighted by Crippen LogP contribution is 2.29. The number of hydrogen-bond donors (Lipinski definition) is 0. The van der Waals surface area contributed by atoms with Crippen LogP contribution in [0.15, 0.2) is 33.9 Å². The van der Waals surface area contributed by atoms with Gasteiger partial charge in [0.1, 0.15) is 16.8 Å². The van der Waals surface area contributed by atoms with Gasteiger partial charge in [-0.1, -0.05) is 16.8 Å². The second-order valence-corrected chi connectivity index (χ2v) is 5.08. The molecule has 0 aliphatic heterocycles. The topological polar surface area (TPSA) is 74.3 Å². The average molecular weight is 355 g/mol. The SMILES string of the molecule is CCOC(=O)c1cn(-c2ccon2)c2c(Cl)c(F)c(F)cc2c1=O. The standard InChI is InChI=1S/C15H9ClF2N2O4/c1-2-23-15(22)8-6-20(10-3-4-24-19-10)13-7(14(8)21)5-9(17)12(18)11(13)16/h3-6H,2H2,1H3. The van der Waals surface area contributed by atoms with Gasteiger partial charge in [-0.05, 0) is 13.0 Å². The van der Waals surface area contributed by atoms with Crippen molar-refractivity contribution in [1.82, 2.24) is 9.72 Å². The fourth-order valence-corrected chi connectivity index (χ4v) is 2.54. The molecule has 0 saturated carbocycles. The first-order valence-corrected chi connectivity index (χ1v) is 7.14. The molecule has 0 aliphatic rings. The third-order valence-corrected chi connectivity index (χ3v) is 3.64. The van der Waals surface area contributed by atoms with Crippen molar-refractivity contribution < 1.29 is 22.8 Å². The second-order valence-electron chi connectivity index (χ2n) is 4.70. The van der Waals surface area contributed by atoms with Crippen LogP contribution in [-0.4, -0.2) is 22.3 Å². The molecule has 0 fully saturated rings. The fourth-order valence-electron chi connectivity index (χ4n) is 2.26.